The molecule has 0 aliphatic carbocycles. The molecule has 1 atom stereocenters. The van der Waals surface area contributed by atoms with Gasteiger partial charge in [-0.15, -0.1) is 0 Å². The zero-order chi connectivity index (χ0) is 20.1. The summed E-state index contributed by atoms with van der Waals surface area (Å²) in [5.41, 5.74) is 3.01. The largest absolute Gasteiger partial charge is 0.496 e. The third-order valence-electron chi connectivity index (χ3n) is 4.70. The summed E-state index contributed by atoms with van der Waals surface area (Å²) in [6.07, 6.45) is -4.35. The van der Waals surface area contributed by atoms with Crippen molar-refractivity contribution >= 4 is 0 Å². The number of hydrogen-bond acceptors (Lipinski definition) is 2. The van der Waals surface area contributed by atoms with Crippen LogP contribution in [0.3, 0.4) is 0 Å². The zero-order valence-electron chi connectivity index (χ0n) is 15.8. The summed E-state index contributed by atoms with van der Waals surface area (Å²) in [6.45, 7) is 2.73. The molecule has 0 aromatic heterocycles. The number of benzene rings is 3. The number of hydrogen-bond donors (Lipinski definition) is 1. The summed E-state index contributed by atoms with van der Waals surface area (Å²) in [4.78, 5) is 0. The van der Waals surface area contributed by atoms with Gasteiger partial charge in [-0.25, -0.2) is 0 Å². The molecule has 2 nitrogen and oxygen atoms in total. The molecular formula is C23H22F3NO. The number of methoxy groups -OCH3 is 1. The molecule has 0 heterocycles. The van der Waals surface area contributed by atoms with E-state index in [9.17, 15) is 13.2 Å². The third-order valence-corrected chi connectivity index (χ3v) is 4.70. The van der Waals surface area contributed by atoms with Crippen LogP contribution in [-0.4, -0.2) is 7.11 Å². The van der Waals surface area contributed by atoms with E-state index >= 15 is 0 Å². The smallest absolute Gasteiger partial charge is 0.416 e. The van der Waals surface area contributed by atoms with E-state index in [-0.39, 0.29) is 6.04 Å². The molecule has 0 saturated carbocycles. The SMILES string of the molecule is COc1ccc(CN[C@@H](C)c2ccccc2)cc1-c1ccc(C(F)(F)F)cc1. The molecule has 0 radical (unpaired) electrons. The molecule has 3 aromatic carbocycles. The van der Waals surface area contributed by atoms with Crippen molar-refractivity contribution < 1.29 is 17.9 Å². The lowest BCUT2D eigenvalue weighted by Crippen LogP contribution is -2.18. The normalized spacial score (nSPS) is 12.6. The maximum Gasteiger partial charge on any atom is 0.416 e. The molecule has 5 heteroatoms. The average Bonchev–Trinajstić information content (AvgIpc) is 2.72. The van der Waals surface area contributed by atoms with Crippen molar-refractivity contribution in [2.45, 2.75) is 25.7 Å². The predicted molar refractivity (Wildman–Crippen MR) is 105 cm³/mol. The summed E-state index contributed by atoms with van der Waals surface area (Å²) >= 11 is 0. The van der Waals surface area contributed by atoms with Gasteiger partial charge < -0.3 is 10.1 Å². The fraction of sp³-hybridized carbons (Fsp3) is 0.217. The monoisotopic (exact) mass is 385 g/mol. The van der Waals surface area contributed by atoms with Gasteiger partial charge in [0.15, 0.2) is 0 Å². The van der Waals surface area contributed by atoms with Crippen LogP contribution in [0.1, 0.15) is 29.7 Å². The molecular weight excluding hydrogens is 363 g/mol. The minimum atomic E-state index is -4.35. The zero-order valence-corrected chi connectivity index (χ0v) is 15.8. The lowest BCUT2D eigenvalue weighted by atomic mass is 10.00. The van der Waals surface area contributed by atoms with Crippen molar-refractivity contribution in [2.24, 2.45) is 0 Å². The lowest BCUT2D eigenvalue weighted by Gasteiger charge is -2.16. The molecule has 0 spiro atoms. The van der Waals surface area contributed by atoms with Crippen molar-refractivity contribution in [1.82, 2.24) is 5.32 Å². The second-order valence-electron chi connectivity index (χ2n) is 6.62. The van der Waals surface area contributed by atoms with Crippen LogP contribution in [0.25, 0.3) is 11.1 Å². The van der Waals surface area contributed by atoms with E-state index in [0.717, 1.165) is 23.3 Å². The van der Waals surface area contributed by atoms with Crippen LogP contribution < -0.4 is 10.1 Å². The Morgan fingerprint density at radius 1 is 0.929 bits per heavy atom. The lowest BCUT2D eigenvalue weighted by molar-refractivity contribution is -0.137. The Morgan fingerprint density at radius 3 is 2.21 bits per heavy atom. The van der Waals surface area contributed by atoms with Crippen LogP contribution in [0, 0.1) is 0 Å². The Hall–Kier alpha value is -2.79. The van der Waals surface area contributed by atoms with Gasteiger partial charge in [-0.2, -0.15) is 13.2 Å². The second-order valence-corrected chi connectivity index (χ2v) is 6.62. The fourth-order valence-corrected chi connectivity index (χ4v) is 3.06. The molecule has 1 N–H and O–H groups in total. The average molecular weight is 385 g/mol. The van der Waals surface area contributed by atoms with Crippen molar-refractivity contribution in [3.05, 3.63) is 89.5 Å². The van der Waals surface area contributed by atoms with Crippen LogP contribution in [0.4, 0.5) is 13.2 Å². The third kappa shape index (κ3) is 4.73. The number of rotatable bonds is 6. The molecule has 0 aliphatic heterocycles. The van der Waals surface area contributed by atoms with Crippen molar-refractivity contribution in [2.75, 3.05) is 7.11 Å². The van der Waals surface area contributed by atoms with Crippen molar-refractivity contribution in [3.63, 3.8) is 0 Å². The first-order valence-electron chi connectivity index (χ1n) is 9.01. The van der Waals surface area contributed by atoms with Crippen LogP contribution in [0.5, 0.6) is 5.75 Å². The van der Waals surface area contributed by atoms with Crippen molar-refractivity contribution in [3.8, 4) is 16.9 Å². The minimum absolute atomic E-state index is 0.179. The van der Waals surface area contributed by atoms with Gasteiger partial charge in [-0.05, 0) is 47.9 Å². The number of nitrogens with one attached hydrogen (secondary N) is 1. The molecule has 0 saturated heterocycles. The summed E-state index contributed by atoms with van der Waals surface area (Å²) in [5.74, 6) is 0.625. The van der Waals surface area contributed by atoms with Crippen LogP contribution in [-0.2, 0) is 12.7 Å². The highest BCUT2D eigenvalue weighted by Gasteiger charge is 2.30. The topological polar surface area (TPSA) is 21.3 Å². The molecule has 3 rings (SSSR count). The number of ether oxygens (including phenoxy) is 1. The molecule has 0 aliphatic rings. The van der Waals surface area contributed by atoms with Crippen molar-refractivity contribution in [1.29, 1.82) is 0 Å². The van der Waals surface area contributed by atoms with Gasteiger partial charge in [0.05, 0.1) is 12.7 Å². The van der Waals surface area contributed by atoms with Crippen LogP contribution in [0.15, 0.2) is 72.8 Å². The fourth-order valence-electron chi connectivity index (χ4n) is 3.06. The van der Waals surface area contributed by atoms with E-state index in [1.807, 2.05) is 36.4 Å². The maximum absolute atomic E-state index is 12.8. The Labute approximate surface area is 163 Å². The van der Waals surface area contributed by atoms with Crippen LogP contribution in [0.2, 0.25) is 0 Å². The van der Waals surface area contributed by atoms with Gasteiger partial charge in [-0.3, -0.25) is 0 Å². The summed E-state index contributed by atoms with van der Waals surface area (Å²) in [5, 5.41) is 3.47. The van der Waals surface area contributed by atoms with E-state index < -0.39 is 11.7 Å². The molecule has 0 bridgehead atoms. The molecule has 0 amide bonds. The Balaban J connectivity index is 1.80. The summed E-state index contributed by atoms with van der Waals surface area (Å²) in [7, 11) is 1.55. The van der Waals surface area contributed by atoms with Crippen LogP contribution >= 0.6 is 0 Å². The van der Waals surface area contributed by atoms with Gasteiger partial charge in [0.2, 0.25) is 0 Å². The predicted octanol–water partition coefficient (Wildman–Crippen LogP) is 6.23. The molecule has 3 aromatic rings. The standard InChI is InChI=1S/C23H22F3NO/c1-16(18-6-4-3-5-7-18)27-15-17-8-13-22(28-2)21(14-17)19-9-11-20(12-10-19)23(24,25)26/h3-14,16,27H,15H2,1-2H3/t16-/m0/s1. The van der Waals surface area contributed by atoms with E-state index in [4.69, 9.17) is 4.74 Å². The highest BCUT2D eigenvalue weighted by atomic mass is 19.4. The highest BCUT2D eigenvalue weighted by molar-refractivity contribution is 5.71. The molecule has 28 heavy (non-hydrogen) atoms. The minimum Gasteiger partial charge on any atom is -0.496 e. The summed E-state index contributed by atoms with van der Waals surface area (Å²) in [6, 6.07) is 21.2. The Bertz CT molecular complexity index is 905. The van der Waals surface area contributed by atoms with E-state index in [0.29, 0.717) is 17.9 Å². The van der Waals surface area contributed by atoms with Gasteiger partial charge in [0.1, 0.15) is 5.75 Å². The van der Waals surface area contributed by atoms with Gasteiger partial charge in [0, 0.05) is 18.2 Å². The molecule has 146 valence electrons. The van der Waals surface area contributed by atoms with Gasteiger partial charge in [-0.1, -0.05) is 48.5 Å². The second kappa shape index (κ2) is 8.48. The maximum atomic E-state index is 12.8. The Morgan fingerprint density at radius 2 is 1.61 bits per heavy atom. The first-order chi connectivity index (χ1) is 13.4. The first kappa shape index (κ1) is 20.0. The first-order valence-corrected chi connectivity index (χ1v) is 9.01. The number of alkyl halides is 3. The highest BCUT2D eigenvalue weighted by Crippen LogP contribution is 2.34. The van der Waals surface area contributed by atoms with E-state index in [2.05, 4.69) is 24.4 Å². The quantitative estimate of drug-likeness (QED) is 0.543. The van der Waals surface area contributed by atoms with E-state index in [1.165, 1.54) is 17.7 Å². The number of halogens is 3. The molecule has 0 unspecified atom stereocenters. The Kier molecular flexibility index (Phi) is 6.05. The van der Waals surface area contributed by atoms with Gasteiger partial charge >= 0.3 is 6.18 Å². The van der Waals surface area contributed by atoms with Gasteiger partial charge in [0.25, 0.3) is 0 Å². The molecule has 0 fully saturated rings. The van der Waals surface area contributed by atoms with E-state index in [1.54, 1.807) is 7.11 Å². The summed E-state index contributed by atoms with van der Waals surface area (Å²) < 4.78 is 43.8.